The zero-order valence-corrected chi connectivity index (χ0v) is 27.3. The first kappa shape index (κ1) is 31.4. The summed E-state index contributed by atoms with van der Waals surface area (Å²) < 4.78 is 6.04. The summed E-state index contributed by atoms with van der Waals surface area (Å²) in [7, 11) is 0. The standard InChI is InChI=1S/C38H52N2O4/c1-6-38(42)19-16-32-30-13-12-28-24-29(14-17-35(28,4)31(30)15-18-36(32,38)5)40-44-25-33(41)39-22-20-37(27-10-8-7-9-11-27)21-23-43-34(2,3)26-37/h1,7-11,24,30-32,42H,12-23,25-26H2,2-5H3,(H,39,41)/b40-29-/t30-,31+,32-,35+,36+,37+,38+/m1/s1. The molecular weight excluding hydrogens is 548 g/mol. The Labute approximate surface area is 264 Å². The van der Waals surface area contributed by atoms with Crippen molar-refractivity contribution in [2.45, 2.75) is 115 Å². The fourth-order valence-electron chi connectivity index (χ4n) is 10.4. The highest BCUT2D eigenvalue weighted by Crippen LogP contribution is 2.67. The van der Waals surface area contributed by atoms with Crippen LogP contribution in [-0.2, 0) is 19.8 Å². The molecule has 6 nitrogen and oxygen atoms in total. The molecule has 1 amide bonds. The third-order valence-corrected chi connectivity index (χ3v) is 12.9. The number of oxime groups is 1. The van der Waals surface area contributed by atoms with Crippen LogP contribution in [0, 0.1) is 40.9 Å². The van der Waals surface area contributed by atoms with Crippen LogP contribution in [0.4, 0.5) is 0 Å². The van der Waals surface area contributed by atoms with Crippen LogP contribution in [0.25, 0.3) is 0 Å². The van der Waals surface area contributed by atoms with Crippen molar-refractivity contribution in [3.05, 3.63) is 47.5 Å². The van der Waals surface area contributed by atoms with Crippen molar-refractivity contribution in [1.29, 1.82) is 0 Å². The third kappa shape index (κ3) is 5.43. The maximum absolute atomic E-state index is 12.7. The average molecular weight is 601 g/mol. The smallest absolute Gasteiger partial charge is 0.260 e. The molecule has 0 unspecified atom stereocenters. The number of hydrogen-bond donors (Lipinski definition) is 2. The number of hydrogen-bond acceptors (Lipinski definition) is 5. The van der Waals surface area contributed by atoms with Gasteiger partial charge in [-0.3, -0.25) is 4.79 Å². The molecule has 44 heavy (non-hydrogen) atoms. The van der Waals surface area contributed by atoms with E-state index in [2.05, 4.69) is 80.5 Å². The predicted octanol–water partition coefficient (Wildman–Crippen LogP) is 6.72. The fourth-order valence-corrected chi connectivity index (χ4v) is 10.4. The van der Waals surface area contributed by atoms with Gasteiger partial charge < -0.3 is 20.0 Å². The molecule has 1 saturated heterocycles. The normalized spacial score (nSPS) is 40.1. The Hall–Kier alpha value is -2.62. The van der Waals surface area contributed by atoms with E-state index >= 15 is 0 Å². The molecule has 1 aromatic carbocycles. The first-order chi connectivity index (χ1) is 20.9. The highest BCUT2D eigenvalue weighted by molar-refractivity contribution is 5.96. The van der Waals surface area contributed by atoms with Crippen molar-refractivity contribution in [2.24, 2.45) is 33.7 Å². The lowest BCUT2D eigenvalue weighted by molar-refractivity contribution is -0.125. The van der Waals surface area contributed by atoms with Gasteiger partial charge >= 0.3 is 0 Å². The second kappa shape index (κ2) is 11.6. The van der Waals surface area contributed by atoms with Crippen molar-refractivity contribution >= 4 is 11.6 Å². The summed E-state index contributed by atoms with van der Waals surface area (Å²) in [6.07, 6.45) is 18.9. The van der Waals surface area contributed by atoms with Crippen LogP contribution < -0.4 is 5.32 Å². The van der Waals surface area contributed by atoms with Gasteiger partial charge in [-0.05, 0) is 119 Å². The van der Waals surface area contributed by atoms with E-state index in [1.54, 1.807) is 0 Å². The molecule has 1 heterocycles. The average Bonchev–Trinajstić information content (AvgIpc) is 3.28. The number of rotatable bonds is 7. The van der Waals surface area contributed by atoms with E-state index < -0.39 is 5.60 Å². The van der Waals surface area contributed by atoms with Crippen LogP contribution in [0.3, 0.4) is 0 Å². The van der Waals surface area contributed by atoms with Gasteiger partial charge in [0, 0.05) is 24.0 Å². The third-order valence-electron chi connectivity index (χ3n) is 12.9. The zero-order chi connectivity index (χ0) is 31.2. The number of carbonyl (C=O) groups is 1. The van der Waals surface area contributed by atoms with Gasteiger partial charge in [0.2, 0.25) is 0 Å². The summed E-state index contributed by atoms with van der Waals surface area (Å²) in [5, 5.41) is 18.8. The number of nitrogens with zero attached hydrogens (tertiary/aromatic N) is 1. The van der Waals surface area contributed by atoms with Crippen molar-refractivity contribution < 1.29 is 19.5 Å². The molecule has 2 N–H and O–H groups in total. The summed E-state index contributed by atoms with van der Waals surface area (Å²) >= 11 is 0. The van der Waals surface area contributed by atoms with Crippen LogP contribution in [0.2, 0.25) is 0 Å². The number of allylic oxidation sites excluding steroid dienone is 2. The lowest BCUT2D eigenvalue weighted by atomic mass is 9.46. The molecule has 6 rings (SSSR count). The summed E-state index contributed by atoms with van der Waals surface area (Å²) in [5.41, 5.74) is 2.57. The molecule has 6 heteroatoms. The Morgan fingerprint density at radius 3 is 2.59 bits per heavy atom. The lowest BCUT2D eigenvalue weighted by Crippen LogP contribution is -2.54. The van der Waals surface area contributed by atoms with E-state index in [0.29, 0.717) is 24.3 Å². The van der Waals surface area contributed by atoms with Crippen LogP contribution in [-0.4, -0.2) is 47.7 Å². The van der Waals surface area contributed by atoms with E-state index in [9.17, 15) is 9.90 Å². The molecule has 4 aliphatic carbocycles. The summed E-state index contributed by atoms with van der Waals surface area (Å²) in [6.45, 7) is 10.3. The molecule has 5 aliphatic rings. The summed E-state index contributed by atoms with van der Waals surface area (Å²) in [6, 6.07) is 10.7. The lowest BCUT2D eigenvalue weighted by Gasteiger charge is -2.58. The number of benzene rings is 1. The van der Waals surface area contributed by atoms with Crippen molar-refractivity contribution in [1.82, 2.24) is 5.32 Å². The Morgan fingerprint density at radius 1 is 1.07 bits per heavy atom. The minimum atomic E-state index is -0.958. The highest BCUT2D eigenvalue weighted by atomic mass is 16.6. The predicted molar refractivity (Wildman–Crippen MR) is 174 cm³/mol. The summed E-state index contributed by atoms with van der Waals surface area (Å²) in [4.78, 5) is 18.3. The molecule has 0 aromatic heterocycles. The summed E-state index contributed by atoms with van der Waals surface area (Å²) in [5.74, 6) is 4.39. The number of terminal acetylenes is 1. The second-order valence-corrected chi connectivity index (χ2v) is 15.6. The minimum Gasteiger partial charge on any atom is -0.385 e. The van der Waals surface area contributed by atoms with Crippen molar-refractivity contribution in [2.75, 3.05) is 19.8 Å². The van der Waals surface area contributed by atoms with Gasteiger partial charge in [-0.1, -0.05) is 60.8 Å². The van der Waals surface area contributed by atoms with E-state index in [-0.39, 0.29) is 34.4 Å². The monoisotopic (exact) mass is 600 g/mol. The number of ether oxygens (including phenoxy) is 1. The van der Waals surface area contributed by atoms with E-state index in [1.165, 1.54) is 11.1 Å². The SMILES string of the molecule is C#C[C@]1(O)CC[C@@H]2[C@@H]3CCC4=C/C(=N\OCC(=O)NCC[C@]5(c6ccccc6)CCOC(C)(C)C5)CC[C@]4(C)[C@H]3CC[C@@]21C. The van der Waals surface area contributed by atoms with Gasteiger partial charge in [-0.15, -0.1) is 6.42 Å². The Bertz CT molecular complexity index is 1350. The maximum Gasteiger partial charge on any atom is 0.260 e. The number of amides is 1. The molecular formula is C38H52N2O4. The first-order valence-electron chi connectivity index (χ1n) is 17.0. The quantitative estimate of drug-likeness (QED) is 0.269. The van der Waals surface area contributed by atoms with Gasteiger partial charge in [0.25, 0.3) is 5.91 Å². The van der Waals surface area contributed by atoms with Gasteiger partial charge in [-0.2, -0.15) is 0 Å². The van der Waals surface area contributed by atoms with Crippen LogP contribution in [0.5, 0.6) is 0 Å². The number of aliphatic hydroxyl groups is 1. The van der Waals surface area contributed by atoms with Crippen molar-refractivity contribution in [3.8, 4) is 12.3 Å². The van der Waals surface area contributed by atoms with Crippen LogP contribution in [0.15, 0.2) is 47.1 Å². The van der Waals surface area contributed by atoms with E-state index in [1.807, 2.05) is 0 Å². The Kier molecular flexibility index (Phi) is 8.29. The van der Waals surface area contributed by atoms with E-state index in [0.717, 1.165) is 82.9 Å². The van der Waals surface area contributed by atoms with Gasteiger partial charge in [-0.25, -0.2) is 0 Å². The molecule has 0 spiro atoms. The number of fused-ring (bicyclic) bond motifs is 5. The molecule has 7 atom stereocenters. The fraction of sp³-hybridized carbons (Fsp3) is 0.684. The molecule has 1 aliphatic heterocycles. The van der Waals surface area contributed by atoms with Crippen LogP contribution in [0.1, 0.15) is 104 Å². The van der Waals surface area contributed by atoms with Crippen LogP contribution >= 0.6 is 0 Å². The maximum atomic E-state index is 12.7. The Balaban J connectivity index is 1.03. The molecule has 0 bridgehead atoms. The largest absolute Gasteiger partial charge is 0.385 e. The molecule has 1 aromatic rings. The Morgan fingerprint density at radius 2 is 1.84 bits per heavy atom. The molecule has 4 fully saturated rings. The zero-order valence-electron chi connectivity index (χ0n) is 27.3. The van der Waals surface area contributed by atoms with Gasteiger partial charge in [0.1, 0.15) is 5.60 Å². The first-order valence-corrected chi connectivity index (χ1v) is 17.0. The molecule has 3 saturated carbocycles. The van der Waals surface area contributed by atoms with Gasteiger partial charge in [0.15, 0.2) is 6.61 Å². The highest BCUT2D eigenvalue weighted by Gasteiger charge is 2.63. The van der Waals surface area contributed by atoms with E-state index in [4.69, 9.17) is 16.0 Å². The number of carbonyl (C=O) groups excluding carboxylic acids is 1. The van der Waals surface area contributed by atoms with Gasteiger partial charge in [0.05, 0.1) is 11.3 Å². The molecule has 238 valence electrons. The second-order valence-electron chi connectivity index (χ2n) is 15.6. The topological polar surface area (TPSA) is 80.2 Å². The number of nitrogens with one attached hydrogen (secondary N) is 1. The molecule has 0 radical (unpaired) electrons. The van der Waals surface area contributed by atoms with Crippen molar-refractivity contribution in [3.63, 3.8) is 0 Å². The minimum absolute atomic E-state index is 0.0193.